The van der Waals surface area contributed by atoms with Gasteiger partial charge in [0.25, 0.3) is 0 Å². The van der Waals surface area contributed by atoms with Gasteiger partial charge in [0.05, 0.1) is 0 Å². The number of piperidine rings is 2. The Bertz CT molecular complexity index is 388. The van der Waals surface area contributed by atoms with Crippen LogP contribution in [-0.2, 0) is 4.79 Å². The Morgan fingerprint density at radius 1 is 1.19 bits per heavy atom. The van der Waals surface area contributed by atoms with E-state index in [1.54, 1.807) is 0 Å². The highest BCUT2D eigenvalue weighted by Crippen LogP contribution is 2.27. The quantitative estimate of drug-likeness (QED) is 0.823. The van der Waals surface area contributed by atoms with E-state index in [0.717, 1.165) is 38.8 Å². The summed E-state index contributed by atoms with van der Waals surface area (Å²) in [5.74, 6) is -0.355. The topological polar surface area (TPSA) is 86.9 Å². The number of urea groups is 1. The number of hydrogen-bond acceptors (Lipinski definition) is 3. The molecule has 3 atom stereocenters. The standard InChI is InChI=1S/C15H27N3O3/c1-11(8-14(19)20)12-4-2-6-17(9-12)15(21)18-7-3-5-13(16)10-18/h11-13H,2-10,16H2,1H3,(H,19,20). The molecule has 2 aliphatic heterocycles. The van der Waals surface area contributed by atoms with Crippen molar-refractivity contribution in [3.8, 4) is 0 Å². The van der Waals surface area contributed by atoms with Crippen molar-refractivity contribution in [3.05, 3.63) is 0 Å². The SMILES string of the molecule is CC(CC(=O)O)C1CCCN(C(=O)N2CCCC(N)C2)C1. The molecule has 0 aliphatic carbocycles. The molecular formula is C15H27N3O3. The van der Waals surface area contributed by atoms with E-state index in [2.05, 4.69) is 0 Å². The highest BCUT2D eigenvalue weighted by Gasteiger charge is 2.31. The maximum atomic E-state index is 12.6. The zero-order valence-electron chi connectivity index (χ0n) is 12.8. The number of carboxylic acid groups (broad SMARTS) is 1. The first-order valence-corrected chi connectivity index (χ1v) is 7.98. The number of hydrogen-bond donors (Lipinski definition) is 2. The minimum Gasteiger partial charge on any atom is -0.481 e. The number of aliphatic carboxylic acids is 1. The molecule has 2 fully saturated rings. The normalized spacial score (nSPS) is 28.3. The number of carbonyl (C=O) groups is 2. The van der Waals surface area contributed by atoms with Crippen molar-refractivity contribution in [1.82, 2.24) is 9.80 Å². The van der Waals surface area contributed by atoms with Crippen LogP contribution >= 0.6 is 0 Å². The molecule has 2 saturated heterocycles. The minimum atomic E-state index is -0.757. The molecule has 0 spiro atoms. The van der Waals surface area contributed by atoms with Crippen molar-refractivity contribution in [2.24, 2.45) is 17.6 Å². The molecule has 3 unspecified atom stereocenters. The van der Waals surface area contributed by atoms with Crippen molar-refractivity contribution in [2.75, 3.05) is 26.2 Å². The second kappa shape index (κ2) is 7.11. The van der Waals surface area contributed by atoms with Crippen LogP contribution < -0.4 is 5.73 Å². The number of amides is 2. The van der Waals surface area contributed by atoms with Crippen molar-refractivity contribution in [2.45, 2.75) is 45.1 Å². The molecule has 2 heterocycles. The molecule has 3 N–H and O–H groups in total. The summed E-state index contributed by atoms with van der Waals surface area (Å²) < 4.78 is 0. The van der Waals surface area contributed by atoms with Crippen molar-refractivity contribution >= 4 is 12.0 Å². The van der Waals surface area contributed by atoms with Crippen LogP contribution in [-0.4, -0.2) is 59.1 Å². The van der Waals surface area contributed by atoms with E-state index < -0.39 is 5.97 Å². The molecule has 0 saturated carbocycles. The molecule has 2 amide bonds. The van der Waals surface area contributed by atoms with E-state index in [1.807, 2.05) is 16.7 Å². The third kappa shape index (κ3) is 4.33. The van der Waals surface area contributed by atoms with E-state index in [0.29, 0.717) is 13.1 Å². The summed E-state index contributed by atoms with van der Waals surface area (Å²) in [4.78, 5) is 27.2. The van der Waals surface area contributed by atoms with Crippen molar-refractivity contribution < 1.29 is 14.7 Å². The van der Waals surface area contributed by atoms with Gasteiger partial charge in [-0.1, -0.05) is 6.92 Å². The molecule has 0 aromatic carbocycles. The molecule has 21 heavy (non-hydrogen) atoms. The first-order valence-electron chi connectivity index (χ1n) is 7.98. The highest BCUT2D eigenvalue weighted by molar-refractivity contribution is 5.74. The Balaban J connectivity index is 1.90. The molecule has 0 aromatic rings. The lowest BCUT2D eigenvalue weighted by Crippen LogP contribution is -2.53. The van der Waals surface area contributed by atoms with Crippen LogP contribution in [0.2, 0.25) is 0 Å². The van der Waals surface area contributed by atoms with Crippen molar-refractivity contribution in [1.29, 1.82) is 0 Å². The van der Waals surface area contributed by atoms with Crippen LogP contribution in [0.25, 0.3) is 0 Å². The summed E-state index contributed by atoms with van der Waals surface area (Å²) in [6.45, 7) is 4.87. The Labute approximate surface area is 126 Å². The van der Waals surface area contributed by atoms with Gasteiger partial charge in [-0.15, -0.1) is 0 Å². The van der Waals surface area contributed by atoms with Gasteiger partial charge in [-0.2, -0.15) is 0 Å². The largest absolute Gasteiger partial charge is 0.481 e. The number of carbonyl (C=O) groups excluding carboxylic acids is 1. The summed E-state index contributed by atoms with van der Waals surface area (Å²) >= 11 is 0. The van der Waals surface area contributed by atoms with Gasteiger partial charge in [-0.3, -0.25) is 4.79 Å². The number of nitrogens with zero attached hydrogens (tertiary/aromatic N) is 2. The average Bonchev–Trinajstić information content (AvgIpc) is 2.46. The first-order chi connectivity index (χ1) is 9.97. The van der Waals surface area contributed by atoms with Gasteiger partial charge in [0.1, 0.15) is 0 Å². The molecular weight excluding hydrogens is 270 g/mol. The third-order valence-electron chi connectivity index (χ3n) is 4.76. The summed E-state index contributed by atoms with van der Waals surface area (Å²) in [6.07, 6.45) is 4.11. The van der Waals surface area contributed by atoms with Crippen LogP contribution in [0, 0.1) is 11.8 Å². The molecule has 6 heteroatoms. The van der Waals surface area contributed by atoms with Gasteiger partial charge < -0.3 is 20.6 Å². The predicted octanol–water partition coefficient (Wildman–Crippen LogP) is 1.35. The number of carboxylic acids is 1. The summed E-state index contributed by atoms with van der Waals surface area (Å²) in [6, 6.07) is 0.173. The Morgan fingerprint density at radius 2 is 1.81 bits per heavy atom. The van der Waals surface area contributed by atoms with Crippen molar-refractivity contribution in [3.63, 3.8) is 0 Å². The lowest BCUT2D eigenvalue weighted by molar-refractivity contribution is -0.138. The Hall–Kier alpha value is -1.30. The van der Waals surface area contributed by atoms with Gasteiger partial charge in [0.2, 0.25) is 0 Å². The van der Waals surface area contributed by atoms with E-state index in [9.17, 15) is 9.59 Å². The minimum absolute atomic E-state index is 0.0809. The third-order valence-corrected chi connectivity index (χ3v) is 4.76. The van der Waals surface area contributed by atoms with Gasteiger partial charge >= 0.3 is 12.0 Å². The van der Waals surface area contributed by atoms with Crippen LogP contribution in [0.5, 0.6) is 0 Å². The zero-order valence-corrected chi connectivity index (χ0v) is 12.8. The fourth-order valence-corrected chi connectivity index (χ4v) is 3.47. The van der Waals surface area contributed by atoms with E-state index >= 15 is 0 Å². The maximum absolute atomic E-state index is 12.6. The lowest BCUT2D eigenvalue weighted by atomic mass is 9.85. The van der Waals surface area contributed by atoms with Gasteiger partial charge in [-0.25, -0.2) is 4.79 Å². The average molecular weight is 297 g/mol. The molecule has 0 aromatic heterocycles. The van der Waals surface area contributed by atoms with Crippen LogP contribution in [0.1, 0.15) is 39.0 Å². The number of rotatable bonds is 3. The Kier molecular flexibility index (Phi) is 5.45. The Morgan fingerprint density at radius 3 is 2.43 bits per heavy atom. The van der Waals surface area contributed by atoms with Gasteiger partial charge in [0, 0.05) is 38.6 Å². The van der Waals surface area contributed by atoms with E-state index in [4.69, 9.17) is 10.8 Å². The number of nitrogens with two attached hydrogens (primary N) is 1. The summed E-state index contributed by atoms with van der Waals surface area (Å²) in [5, 5.41) is 8.92. The molecule has 6 nitrogen and oxygen atoms in total. The highest BCUT2D eigenvalue weighted by atomic mass is 16.4. The second-order valence-corrected chi connectivity index (χ2v) is 6.55. The molecule has 2 aliphatic rings. The second-order valence-electron chi connectivity index (χ2n) is 6.55. The fourth-order valence-electron chi connectivity index (χ4n) is 3.47. The van der Waals surface area contributed by atoms with E-state index in [-0.39, 0.29) is 30.3 Å². The predicted molar refractivity (Wildman–Crippen MR) is 79.9 cm³/mol. The van der Waals surface area contributed by atoms with Gasteiger partial charge in [0.15, 0.2) is 0 Å². The summed E-state index contributed by atoms with van der Waals surface area (Å²) in [7, 11) is 0. The number of likely N-dealkylation sites (tertiary alicyclic amines) is 2. The van der Waals surface area contributed by atoms with Crippen LogP contribution in [0.15, 0.2) is 0 Å². The smallest absolute Gasteiger partial charge is 0.320 e. The van der Waals surface area contributed by atoms with Gasteiger partial charge in [-0.05, 0) is 37.5 Å². The molecule has 0 bridgehead atoms. The zero-order chi connectivity index (χ0) is 15.4. The monoisotopic (exact) mass is 297 g/mol. The fraction of sp³-hybridized carbons (Fsp3) is 0.867. The van der Waals surface area contributed by atoms with E-state index in [1.165, 1.54) is 0 Å². The summed E-state index contributed by atoms with van der Waals surface area (Å²) in [5.41, 5.74) is 5.95. The lowest BCUT2D eigenvalue weighted by Gasteiger charge is -2.40. The maximum Gasteiger partial charge on any atom is 0.320 e. The van der Waals surface area contributed by atoms with Crippen LogP contribution in [0.3, 0.4) is 0 Å². The molecule has 0 radical (unpaired) electrons. The molecule has 120 valence electrons. The first kappa shape index (κ1) is 16.1. The van der Waals surface area contributed by atoms with Crippen LogP contribution in [0.4, 0.5) is 4.79 Å². The molecule has 2 rings (SSSR count).